The molecule has 6 N–H and O–H groups in total. The van der Waals surface area contributed by atoms with Crippen molar-refractivity contribution in [1.82, 2.24) is 0 Å². The number of hydrogen-bond donors (Lipinski definition) is 6. The van der Waals surface area contributed by atoms with Gasteiger partial charge < -0.3 is 30.6 Å². The van der Waals surface area contributed by atoms with Crippen molar-refractivity contribution in [1.29, 1.82) is 0 Å². The van der Waals surface area contributed by atoms with Crippen LogP contribution >= 0.6 is 0 Å². The summed E-state index contributed by atoms with van der Waals surface area (Å²) >= 11 is 0. The molecule has 0 aliphatic heterocycles. The van der Waals surface area contributed by atoms with Crippen LogP contribution in [0.15, 0.2) is 60.7 Å². The highest BCUT2D eigenvalue weighted by atomic mass is 16.4. The van der Waals surface area contributed by atoms with Crippen LogP contribution in [-0.4, -0.2) is 42.6 Å². The third-order valence-corrected chi connectivity index (χ3v) is 6.76. The predicted molar refractivity (Wildman–Crippen MR) is 154 cm³/mol. The van der Waals surface area contributed by atoms with Crippen molar-refractivity contribution >= 4 is 24.1 Å². The summed E-state index contributed by atoms with van der Waals surface area (Å²) in [5, 5.41) is 61.9. The molecule has 3 aromatic carbocycles. The number of carboxylic acids is 2. The SMILES string of the molecule is CC(C)(CC=Cc1cc(O)cc(-c2ccccc2-c2cc(O)cc(C=CCC(C)(C)C(=O)O)c2O)c1O)C(=O)O. The minimum absolute atomic E-state index is 0.135. The lowest BCUT2D eigenvalue weighted by Crippen LogP contribution is -2.22. The molecule has 210 valence electrons. The minimum atomic E-state index is -1.01. The highest BCUT2D eigenvalue weighted by molar-refractivity contribution is 5.91. The average Bonchev–Trinajstić information content (AvgIpc) is 2.87. The van der Waals surface area contributed by atoms with Crippen molar-refractivity contribution < 1.29 is 40.2 Å². The number of phenols is 4. The molecule has 3 aromatic rings. The fraction of sp³-hybridized carbons (Fsp3) is 0.250. The van der Waals surface area contributed by atoms with Gasteiger partial charge in [-0.15, -0.1) is 0 Å². The molecular formula is C32H34O8. The summed E-state index contributed by atoms with van der Waals surface area (Å²) in [6, 6.07) is 12.3. The maximum atomic E-state index is 11.4. The first-order valence-electron chi connectivity index (χ1n) is 12.7. The molecular weight excluding hydrogens is 512 g/mol. The quantitative estimate of drug-likeness (QED) is 0.150. The number of allylic oxidation sites excluding steroid dienone is 2. The summed E-state index contributed by atoms with van der Waals surface area (Å²) in [4.78, 5) is 22.8. The zero-order chi connectivity index (χ0) is 29.8. The van der Waals surface area contributed by atoms with E-state index in [1.165, 1.54) is 24.3 Å². The Kier molecular flexibility index (Phi) is 8.63. The zero-order valence-corrected chi connectivity index (χ0v) is 22.8. The molecule has 40 heavy (non-hydrogen) atoms. The van der Waals surface area contributed by atoms with Crippen molar-refractivity contribution in [2.75, 3.05) is 0 Å². The second-order valence-electron chi connectivity index (χ2n) is 11.0. The number of rotatable bonds is 10. The van der Waals surface area contributed by atoms with Gasteiger partial charge in [-0.1, -0.05) is 48.6 Å². The molecule has 0 unspecified atom stereocenters. The van der Waals surface area contributed by atoms with E-state index in [9.17, 15) is 40.2 Å². The van der Waals surface area contributed by atoms with Crippen molar-refractivity contribution in [3.63, 3.8) is 0 Å². The lowest BCUT2D eigenvalue weighted by atomic mass is 9.88. The number of benzene rings is 3. The Morgan fingerprint density at radius 1 is 0.625 bits per heavy atom. The van der Waals surface area contributed by atoms with Crippen molar-refractivity contribution in [2.45, 2.75) is 40.5 Å². The first kappa shape index (κ1) is 29.8. The Hall–Kier alpha value is -4.72. The Balaban J connectivity index is 2.09. The van der Waals surface area contributed by atoms with E-state index in [1.54, 1.807) is 76.3 Å². The lowest BCUT2D eigenvalue weighted by Gasteiger charge is -2.17. The van der Waals surface area contributed by atoms with E-state index in [2.05, 4.69) is 0 Å². The predicted octanol–water partition coefficient (Wildman–Crippen LogP) is 6.87. The number of carbonyl (C=O) groups is 2. The maximum Gasteiger partial charge on any atom is 0.309 e. The van der Waals surface area contributed by atoms with E-state index < -0.39 is 22.8 Å². The van der Waals surface area contributed by atoms with E-state index in [0.29, 0.717) is 11.1 Å². The van der Waals surface area contributed by atoms with E-state index in [0.717, 1.165) is 0 Å². The normalized spacial score (nSPS) is 12.3. The van der Waals surface area contributed by atoms with Crippen LogP contribution in [0.1, 0.15) is 51.7 Å². The van der Waals surface area contributed by atoms with Crippen LogP contribution in [0, 0.1) is 10.8 Å². The van der Waals surface area contributed by atoms with Gasteiger partial charge in [-0.2, -0.15) is 0 Å². The van der Waals surface area contributed by atoms with Gasteiger partial charge in [0.15, 0.2) is 0 Å². The Labute approximate surface area is 232 Å². The minimum Gasteiger partial charge on any atom is -0.508 e. The number of aliphatic carboxylic acids is 2. The standard InChI is InChI=1S/C32H34O8/c1-31(2,29(37)38)13-7-9-19-15-21(33)17-25(27(19)35)23-11-5-6-12-24(23)26-18-22(34)16-20(28(26)36)10-8-14-32(3,4)30(39)40/h5-12,15-18,33-36H,13-14H2,1-4H3,(H,37,38)(H,39,40). The molecule has 0 radical (unpaired) electrons. The van der Waals surface area contributed by atoms with Gasteiger partial charge in [-0.05, 0) is 75.9 Å². The van der Waals surface area contributed by atoms with Crippen LogP contribution in [0.25, 0.3) is 34.4 Å². The van der Waals surface area contributed by atoms with E-state index in [1.807, 2.05) is 0 Å². The molecule has 8 heteroatoms. The summed E-state index contributed by atoms with van der Waals surface area (Å²) in [6.45, 7) is 6.34. The van der Waals surface area contributed by atoms with Gasteiger partial charge in [0.25, 0.3) is 0 Å². The van der Waals surface area contributed by atoms with E-state index in [4.69, 9.17) is 0 Å². The van der Waals surface area contributed by atoms with Crippen molar-refractivity contribution in [2.24, 2.45) is 10.8 Å². The van der Waals surface area contributed by atoms with Gasteiger partial charge >= 0.3 is 11.9 Å². The van der Waals surface area contributed by atoms with E-state index in [-0.39, 0.29) is 58.1 Å². The molecule has 0 aliphatic rings. The van der Waals surface area contributed by atoms with Gasteiger partial charge in [-0.3, -0.25) is 9.59 Å². The first-order chi connectivity index (χ1) is 18.6. The maximum absolute atomic E-state index is 11.4. The highest BCUT2D eigenvalue weighted by Gasteiger charge is 2.26. The number of carboxylic acid groups (broad SMARTS) is 2. The molecule has 0 spiro atoms. The summed E-state index contributed by atoms with van der Waals surface area (Å²) in [6.07, 6.45) is 6.70. The molecule has 8 nitrogen and oxygen atoms in total. The van der Waals surface area contributed by atoms with Crippen LogP contribution in [0.2, 0.25) is 0 Å². The highest BCUT2D eigenvalue weighted by Crippen LogP contribution is 2.45. The monoisotopic (exact) mass is 546 g/mol. The Morgan fingerprint density at radius 3 is 1.30 bits per heavy atom. The van der Waals surface area contributed by atoms with Gasteiger partial charge in [0.05, 0.1) is 10.8 Å². The van der Waals surface area contributed by atoms with Crippen LogP contribution in [0.4, 0.5) is 0 Å². The molecule has 0 aromatic heterocycles. The molecule has 0 fully saturated rings. The van der Waals surface area contributed by atoms with Crippen LogP contribution in [0.3, 0.4) is 0 Å². The number of hydrogen-bond acceptors (Lipinski definition) is 6. The molecule has 3 rings (SSSR count). The second kappa shape index (κ2) is 11.6. The van der Waals surface area contributed by atoms with Gasteiger partial charge in [-0.25, -0.2) is 0 Å². The first-order valence-corrected chi connectivity index (χ1v) is 12.7. The number of aromatic hydroxyl groups is 4. The second-order valence-corrected chi connectivity index (χ2v) is 11.0. The molecule has 0 bridgehead atoms. The third-order valence-electron chi connectivity index (χ3n) is 6.76. The fourth-order valence-corrected chi connectivity index (χ4v) is 4.04. The lowest BCUT2D eigenvalue weighted by molar-refractivity contribution is -0.147. The van der Waals surface area contributed by atoms with Crippen molar-refractivity contribution in [3.05, 3.63) is 71.8 Å². The molecule has 0 saturated carbocycles. The summed E-state index contributed by atoms with van der Waals surface area (Å²) in [5.41, 5.74) is -0.0433. The van der Waals surface area contributed by atoms with Gasteiger partial charge in [0.1, 0.15) is 23.0 Å². The summed E-state index contributed by atoms with van der Waals surface area (Å²) < 4.78 is 0. The fourth-order valence-electron chi connectivity index (χ4n) is 4.04. The van der Waals surface area contributed by atoms with Crippen LogP contribution in [-0.2, 0) is 9.59 Å². The van der Waals surface area contributed by atoms with Crippen LogP contribution < -0.4 is 0 Å². The smallest absolute Gasteiger partial charge is 0.309 e. The molecule has 0 heterocycles. The van der Waals surface area contributed by atoms with E-state index >= 15 is 0 Å². The molecule has 0 atom stereocenters. The molecule has 0 amide bonds. The Bertz CT molecular complexity index is 1380. The largest absolute Gasteiger partial charge is 0.508 e. The van der Waals surface area contributed by atoms with Crippen LogP contribution in [0.5, 0.6) is 23.0 Å². The molecule has 0 aliphatic carbocycles. The zero-order valence-electron chi connectivity index (χ0n) is 22.8. The van der Waals surface area contributed by atoms with Gasteiger partial charge in [0, 0.05) is 22.3 Å². The third kappa shape index (κ3) is 6.64. The van der Waals surface area contributed by atoms with Crippen molar-refractivity contribution in [3.8, 4) is 45.3 Å². The summed E-state index contributed by atoms with van der Waals surface area (Å²) in [5.74, 6) is -2.51. The molecule has 0 saturated heterocycles. The summed E-state index contributed by atoms with van der Waals surface area (Å²) in [7, 11) is 0. The van der Waals surface area contributed by atoms with Gasteiger partial charge in [0.2, 0.25) is 0 Å². The Morgan fingerprint density at radius 2 is 0.975 bits per heavy atom. The average molecular weight is 547 g/mol. The number of phenolic OH excluding ortho intramolecular Hbond substituents is 4. The topological polar surface area (TPSA) is 156 Å².